The van der Waals surface area contributed by atoms with E-state index in [-0.39, 0.29) is 18.5 Å². The molecular weight excluding hydrogens is 468 g/mol. The maximum Gasteiger partial charge on any atom is 0.234 e. The number of amides is 1. The number of rotatable bonds is 6. The third-order valence-corrected chi connectivity index (χ3v) is 6.37. The van der Waals surface area contributed by atoms with Crippen molar-refractivity contribution in [2.24, 2.45) is 0 Å². The molecular formula is C25H20N4O5S. The van der Waals surface area contributed by atoms with Crippen LogP contribution in [0.2, 0.25) is 0 Å². The average Bonchev–Trinajstić information content (AvgIpc) is 3.54. The summed E-state index contributed by atoms with van der Waals surface area (Å²) in [5.41, 5.74) is 2.36. The fourth-order valence-electron chi connectivity index (χ4n) is 3.84. The highest BCUT2D eigenvalue weighted by molar-refractivity contribution is 7.99. The van der Waals surface area contributed by atoms with Crippen LogP contribution in [-0.2, 0) is 4.79 Å². The molecule has 9 nitrogen and oxygen atoms in total. The van der Waals surface area contributed by atoms with Crippen LogP contribution in [0.1, 0.15) is 0 Å². The van der Waals surface area contributed by atoms with Crippen LogP contribution in [0.3, 0.4) is 0 Å². The first-order valence-corrected chi connectivity index (χ1v) is 12.0. The maximum atomic E-state index is 12.7. The van der Waals surface area contributed by atoms with Crippen molar-refractivity contribution in [2.45, 2.75) is 5.16 Å². The number of ether oxygens (including phenoxy) is 4. The van der Waals surface area contributed by atoms with Crippen molar-refractivity contribution in [1.82, 2.24) is 14.8 Å². The fraction of sp³-hybridized carbons (Fsp3) is 0.160. The normalized spacial score (nSPS) is 13.5. The number of thioether (sulfide) groups is 1. The van der Waals surface area contributed by atoms with Gasteiger partial charge in [-0.05, 0) is 42.5 Å². The highest BCUT2D eigenvalue weighted by atomic mass is 32.2. The number of hydrogen-bond donors (Lipinski definition) is 1. The van der Waals surface area contributed by atoms with E-state index in [0.29, 0.717) is 52.9 Å². The Kier molecular flexibility index (Phi) is 5.63. The molecule has 0 bridgehead atoms. The summed E-state index contributed by atoms with van der Waals surface area (Å²) >= 11 is 1.30. The zero-order valence-electron chi connectivity index (χ0n) is 18.5. The molecule has 2 aliphatic heterocycles. The van der Waals surface area contributed by atoms with Crippen molar-refractivity contribution < 1.29 is 23.7 Å². The van der Waals surface area contributed by atoms with Crippen molar-refractivity contribution in [1.29, 1.82) is 0 Å². The van der Waals surface area contributed by atoms with Crippen LogP contribution in [0, 0.1) is 0 Å². The van der Waals surface area contributed by atoms with Crippen LogP contribution in [0.5, 0.6) is 23.0 Å². The maximum absolute atomic E-state index is 12.7. The van der Waals surface area contributed by atoms with Crippen LogP contribution in [-0.4, -0.2) is 46.4 Å². The number of benzene rings is 3. The summed E-state index contributed by atoms with van der Waals surface area (Å²) in [5, 5.41) is 12.3. The van der Waals surface area contributed by atoms with Gasteiger partial charge in [0.15, 0.2) is 34.0 Å². The molecule has 2 aliphatic rings. The minimum absolute atomic E-state index is 0.153. The SMILES string of the molecule is O=C(CSc1nnc(-c2ccc3c(c2)OCO3)n1-c1ccccc1)Nc1ccc2c(c1)OCCO2. The Hall–Kier alpha value is -4.18. The molecule has 0 spiro atoms. The first-order chi connectivity index (χ1) is 17.2. The number of para-hydroxylation sites is 1. The predicted molar refractivity (Wildman–Crippen MR) is 130 cm³/mol. The van der Waals surface area contributed by atoms with Gasteiger partial charge < -0.3 is 24.3 Å². The molecule has 0 radical (unpaired) electrons. The molecule has 0 saturated heterocycles. The number of nitrogens with zero attached hydrogens (tertiary/aromatic N) is 3. The summed E-state index contributed by atoms with van der Waals surface area (Å²) in [6, 6.07) is 20.8. The van der Waals surface area contributed by atoms with E-state index >= 15 is 0 Å². The molecule has 6 rings (SSSR count). The van der Waals surface area contributed by atoms with Gasteiger partial charge in [-0.2, -0.15) is 0 Å². The Bertz CT molecular complexity index is 1390. The van der Waals surface area contributed by atoms with E-state index in [9.17, 15) is 4.79 Å². The van der Waals surface area contributed by atoms with Crippen molar-refractivity contribution in [2.75, 3.05) is 31.1 Å². The fourth-order valence-corrected chi connectivity index (χ4v) is 4.60. The number of hydrogen-bond acceptors (Lipinski definition) is 8. The quantitative estimate of drug-likeness (QED) is 0.404. The molecule has 0 unspecified atom stereocenters. The molecule has 3 aromatic carbocycles. The molecule has 3 heterocycles. The van der Waals surface area contributed by atoms with Gasteiger partial charge in [0.2, 0.25) is 12.7 Å². The second kappa shape index (κ2) is 9.22. The standard InChI is InChI=1S/C25H20N4O5S/c30-23(26-17-7-9-19-22(13-17)32-11-10-31-19)14-35-25-28-27-24(29(25)18-4-2-1-3-5-18)16-6-8-20-21(12-16)34-15-33-20/h1-9,12-13H,10-11,14-15H2,(H,26,30). The Morgan fingerprint density at radius 3 is 2.49 bits per heavy atom. The number of carbonyl (C=O) groups is 1. The lowest BCUT2D eigenvalue weighted by Crippen LogP contribution is -2.17. The van der Waals surface area contributed by atoms with Gasteiger partial charge in [0.05, 0.1) is 5.75 Å². The molecule has 1 aromatic heterocycles. The van der Waals surface area contributed by atoms with Crippen LogP contribution in [0.25, 0.3) is 17.1 Å². The molecule has 0 aliphatic carbocycles. The summed E-state index contributed by atoms with van der Waals surface area (Å²) in [4.78, 5) is 12.7. The van der Waals surface area contributed by atoms with Crippen molar-refractivity contribution >= 4 is 23.4 Å². The van der Waals surface area contributed by atoms with E-state index in [4.69, 9.17) is 18.9 Å². The van der Waals surface area contributed by atoms with Gasteiger partial charge in [-0.3, -0.25) is 9.36 Å². The molecule has 1 N–H and O–H groups in total. The van der Waals surface area contributed by atoms with Crippen molar-refractivity contribution in [3.05, 3.63) is 66.7 Å². The smallest absolute Gasteiger partial charge is 0.234 e. The van der Waals surface area contributed by atoms with Gasteiger partial charge in [0, 0.05) is 23.0 Å². The second-order valence-corrected chi connectivity index (χ2v) is 8.68. The highest BCUT2D eigenvalue weighted by Gasteiger charge is 2.21. The number of fused-ring (bicyclic) bond motifs is 2. The summed E-state index contributed by atoms with van der Waals surface area (Å²) in [5.74, 6) is 3.29. The molecule has 176 valence electrons. The number of carbonyl (C=O) groups excluding carboxylic acids is 1. The lowest BCUT2D eigenvalue weighted by molar-refractivity contribution is -0.113. The summed E-state index contributed by atoms with van der Waals surface area (Å²) in [6.45, 7) is 1.20. The third-order valence-electron chi connectivity index (χ3n) is 5.44. The molecule has 1 amide bonds. The molecule has 35 heavy (non-hydrogen) atoms. The van der Waals surface area contributed by atoms with Gasteiger partial charge in [0.25, 0.3) is 0 Å². The summed E-state index contributed by atoms with van der Waals surface area (Å²) in [6.07, 6.45) is 0. The van der Waals surface area contributed by atoms with Gasteiger partial charge in [-0.15, -0.1) is 10.2 Å². The van der Waals surface area contributed by atoms with E-state index in [2.05, 4.69) is 15.5 Å². The number of aromatic nitrogens is 3. The first-order valence-electron chi connectivity index (χ1n) is 11.0. The van der Waals surface area contributed by atoms with Crippen LogP contribution in [0.15, 0.2) is 71.9 Å². The summed E-state index contributed by atoms with van der Waals surface area (Å²) in [7, 11) is 0. The van der Waals surface area contributed by atoms with Crippen LogP contribution >= 0.6 is 11.8 Å². The van der Waals surface area contributed by atoms with Gasteiger partial charge in [-0.1, -0.05) is 30.0 Å². The summed E-state index contributed by atoms with van der Waals surface area (Å²) < 4.78 is 24.0. The second-order valence-electron chi connectivity index (χ2n) is 7.74. The monoisotopic (exact) mass is 488 g/mol. The number of nitrogens with one attached hydrogen (secondary N) is 1. The Labute approximate surface area is 205 Å². The van der Waals surface area contributed by atoms with Crippen molar-refractivity contribution in [3.63, 3.8) is 0 Å². The van der Waals surface area contributed by atoms with E-state index in [1.165, 1.54) is 11.8 Å². The topological polar surface area (TPSA) is 96.7 Å². The Morgan fingerprint density at radius 2 is 1.60 bits per heavy atom. The van der Waals surface area contributed by atoms with E-state index in [1.807, 2.05) is 53.1 Å². The molecule has 4 aromatic rings. The molecule has 0 fully saturated rings. The van der Waals surface area contributed by atoms with Gasteiger partial charge >= 0.3 is 0 Å². The van der Waals surface area contributed by atoms with Crippen molar-refractivity contribution in [3.8, 4) is 40.1 Å². The Morgan fingerprint density at radius 1 is 0.857 bits per heavy atom. The lowest BCUT2D eigenvalue weighted by atomic mass is 10.2. The minimum Gasteiger partial charge on any atom is -0.486 e. The first kappa shape index (κ1) is 21.4. The zero-order valence-corrected chi connectivity index (χ0v) is 19.3. The van der Waals surface area contributed by atoms with E-state index in [1.54, 1.807) is 18.2 Å². The highest BCUT2D eigenvalue weighted by Crippen LogP contribution is 2.37. The Balaban J connectivity index is 1.23. The predicted octanol–water partition coefficient (Wildman–Crippen LogP) is 4.17. The van der Waals surface area contributed by atoms with Crippen LogP contribution < -0.4 is 24.3 Å². The lowest BCUT2D eigenvalue weighted by Gasteiger charge is -2.19. The number of anilines is 1. The third kappa shape index (κ3) is 4.35. The van der Waals surface area contributed by atoms with E-state index in [0.717, 1.165) is 11.3 Å². The largest absolute Gasteiger partial charge is 0.486 e. The molecule has 0 saturated carbocycles. The van der Waals surface area contributed by atoms with Crippen LogP contribution in [0.4, 0.5) is 5.69 Å². The minimum atomic E-state index is -0.168. The zero-order chi connectivity index (χ0) is 23.6. The van der Waals surface area contributed by atoms with E-state index < -0.39 is 0 Å². The van der Waals surface area contributed by atoms with Gasteiger partial charge in [0.1, 0.15) is 13.2 Å². The van der Waals surface area contributed by atoms with Gasteiger partial charge in [-0.25, -0.2) is 0 Å². The molecule has 10 heteroatoms. The average molecular weight is 489 g/mol. The molecule has 0 atom stereocenters.